The van der Waals surface area contributed by atoms with Crippen LogP contribution in [0.15, 0.2) is 0 Å². The number of hydrogen-bond donors (Lipinski definition) is 2. The summed E-state index contributed by atoms with van der Waals surface area (Å²) in [6, 6.07) is 0. The lowest BCUT2D eigenvalue weighted by atomic mass is 10.0. The maximum atomic E-state index is 11.7. The standard InChI is InChI=1S/C8H16N2O4S/c1-3-9-15(13,14)10-6-4-5-8(10,2)7(11)12/h9H,3-6H2,1-2H3,(H,11,12). The van der Waals surface area contributed by atoms with E-state index in [1.165, 1.54) is 6.92 Å². The minimum Gasteiger partial charge on any atom is -0.480 e. The zero-order valence-electron chi connectivity index (χ0n) is 8.86. The van der Waals surface area contributed by atoms with E-state index in [-0.39, 0.29) is 13.1 Å². The predicted molar refractivity (Wildman–Crippen MR) is 54.6 cm³/mol. The number of carboxylic acid groups (broad SMARTS) is 1. The molecule has 1 unspecified atom stereocenters. The number of nitrogens with one attached hydrogen (secondary N) is 1. The van der Waals surface area contributed by atoms with Gasteiger partial charge in [0.05, 0.1) is 0 Å². The van der Waals surface area contributed by atoms with Crippen LogP contribution in [-0.2, 0) is 15.0 Å². The molecule has 0 amide bonds. The maximum Gasteiger partial charge on any atom is 0.324 e. The van der Waals surface area contributed by atoms with E-state index in [1.807, 2.05) is 0 Å². The van der Waals surface area contributed by atoms with Gasteiger partial charge in [-0.2, -0.15) is 12.7 Å². The Hall–Kier alpha value is -0.660. The van der Waals surface area contributed by atoms with Crippen LogP contribution in [0.4, 0.5) is 0 Å². The Kier molecular flexibility index (Phi) is 3.37. The van der Waals surface area contributed by atoms with E-state index in [2.05, 4.69) is 4.72 Å². The second-order valence-corrected chi connectivity index (χ2v) is 5.44. The van der Waals surface area contributed by atoms with Crippen molar-refractivity contribution in [1.82, 2.24) is 9.03 Å². The third kappa shape index (κ3) is 2.14. The van der Waals surface area contributed by atoms with Crippen LogP contribution in [0.1, 0.15) is 26.7 Å². The second-order valence-electron chi connectivity index (χ2n) is 3.76. The first-order valence-electron chi connectivity index (χ1n) is 4.85. The van der Waals surface area contributed by atoms with Crippen LogP contribution in [0.2, 0.25) is 0 Å². The highest BCUT2D eigenvalue weighted by Gasteiger charge is 2.49. The molecule has 1 saturated heterocycles. The molecule has 0 aromatic rings. The number of nitrogens with zero attached hydrogens (tertiary/aromatic N) is 1. The first-order chi connectivity index (χ1) is 6.84. The number of carbonyl (C=O) groups is 1. The largest absolute Gasteiger partial charge is 0.480 e. The Morgan fingerprint density at radius 1 is 1.60 bits per heavy atom. The Bertz CT molecular complexity index is 354. The Morgan fingerprint density at radius 3 is 2.67 bits per heavy atom. The lowest BCUT2D eigenvalue weighted by Gasteiger charge is -2.29. The third-order valence-corrected chi connectivity index (χ3v) is 4.47. The molecule has 1 rings (SSSR count). The molecular formula is C8H16N2O4S. The third-order valence-electron chi connectivity index (χ3n) is 2.65. The molecule has 2 N–H and O–H groups in total. The van der Waals surface area contributed by atoms with Crippen LogP contribution in [0.5, 0.6) is 0 Å². The van der Waals surface area contributed by atoms with Crippen molar-refractivity contribution >= 4 is 16.2 Å². The normalized spacial score (nSPS) is 28.1. The summed E-state index contributed by atoms with van der Waals surface area (Å²) in [5.74, 6) is -1.10. The average Bonchev–Trinajstić information content (AvgIpc) is 2.49. The number of hydrogen-bond acceptors (Lipinski definition) is 3. The van der Waals surface area contributed by atoms with Gasteiger partial charge < -0.3 is 5.11 Å². The monoisotopic (exact) mass is 236 g/mol. The van der Waals surface area contributed by atoms with Crippen LogP contribution in [-0.4, -0.2) is 42.4 Å². The van der Waals surface area contributed by atoms with Gasteiger partial charge in [-0.15, -0.1) is 0 Å². The summed E-state index contributed by atoms with van der Waals surface area (Å²) in [5.41, 5.74) is -1.30. The average molecular weight is 236 g/mol. The van der Waals surface area contributed by atoms with E-state index in [4.69, 9.17) is 5.11 Å². The maximum absolute atomic E-state index is 11.7. The molecule has 0 saturated carbocycles. The summed E-state index contributed by atoms with van der Waals surface area (Å²) in [7, 11) is -3.66. The van der Waals surface area contributed by atoms with E-state index in [1.54, 1.807) is 6.92 Å². The summed E-state index contributed by atoms with van der Waals surface area (Å²) in [6.45, 7) is 3.62. The van der Waals surface area contributed by atoms with Crippen LogP contribution >= 0.6 is 0 Å². The van der Waals surface area contributed by atoms with Gasteiger partial charge in [0.15, 0.2) is 0 Å². The molecule has 1 heterocycles. The van der Waals surface area contributed by atoms with Crippen molar-refractivity contribution in [3.63, 3.8) is 0 Å². The summed E-state index contributed by atoms with van der Waals surface area (Å²) in [5, 5.41) is 9.04. The highest BCUT2D eigenvalue weighted by Crippen LogP contribution is 2.31. The van der Waals surface area contributed by atoms with Crippen molar-refractivity contribution < 1.29 is 18.3 Å². The van der Waals surface area contributed by atoms with E-state index < -0.39 is 21.7 Å². The number of aliphatic carboxylic acids is 1. The molecule has 7 heteroatoms. The smallest absolute Gasteiger partial charge is 0.324 e. The lowest BCUT2D eigenvalue weighted by molar-refractivity contribution is -0.146. The fraction of sp³-hybridized carbons (Fsp3) is 0.875. The molecule has 15 heavy (non-hydrogen) atoms. The summed E-state index contributed by atoms with van der Waals surface area (Å²) in [6.07, 6.45) is 0.931. The lowest BCUT2D eigenvalue weighted by Crippen LogP contribution is -2.54. The molecule has 1 aliphatic heterocycles. The summed E-state index contributed by atoms with van der Waals surface area (Å²) >= 11 is 0. The van der Waals surface area contributed by atoms with Crippen LogP contribution in [0.25, 0.3) is 0 Å². The quantitative estimate of drug-likeness (QED) is 0.706. The van der Waals surface area contributed by atoms with E-state index in [0.717, 1.165) is 4.31 Å². The Labute approximate surface area is 89.4 Å². The van der Waals surface area contributed by atoms with Crippen LogP contribution < -0.4 is 4.72 Å². The molecule has 0 radical (unpaired) electrons. The van der Waals surface area contributed by atoms with Crippen LogP contribution in [0, 0.1) is 0 Å². The van der Waals surface area contributed by atoms with Gasteiger partial charge in [0.2, 0.25) is 0 Å². The molecule has 0 aliphatic carbocycles. The van der Waals surface area contributed by atoms with Gasteiger partial charge in [-0.05, 0) is 19.8 Å². The minimum absolute atomic E-state index is 0.258. The Morgan fingerprint density at radius 2 is 2.20 bits per heavy atom. The molecular weight excluding hydrogens is 220 g/mol. The van der Waals surface area contributed by atoms with Crippen molar-refractivity contribution in [2.75, 3.05) is 13.1 Å². The van der Waals surface area contributed by atoms with Crippen LogP contribution in [0.3, 0.4) is 0 Å². The van der Waals surface area contributed by atoms with Crippen molar-refractivity contribution in [2.24, 2.45) is 0 Å². The first-order valence-corrected chi connectivity index (χ1v) is 6.29. The fourth-order valence-electron chi connectivity index (χ4n) is 1.80. The fourth-order valence-corrected chi connectivity index (χ4v) is 3.39. The second kappa shape index (κ2) is 4.07. The summed E-state index contributed by atoms with van der Waals surface area (Å²) in [4.78, 5) is 11.1. The molecule has 0 aromatic heterocycles. The minimum atomic E-state index is -3.66. The molecule has 0 bridgehead atoms. The van der Waals surface area contributed by atoms with Gasteiger partial charge in [0.1, 0.15) is 5.54 Å². The topological polar surface area (TPSA) is 86.7 Å². The van der Waals surface area contributed by atoms with Gasteiger partial charge in [0, 0.05) is 13.1 Å². The zero-order chi connectivity index (χ0) is 11.7. The molecule has 6 nitrogen and oxygen atoms in total. The van der Waals surface area contributed by atoms with E-state index >= 15 is 0 Å². The SMILES string of the molecule is CCNS(=O)(=O)N1CCCC1(C)C(=O)O. The summed E-state index contributed by atoms with van der Waals surface area (Å²) < 4.78 is 26.8. The zero-order valence-corrected chi connectivity index (χ0v) is 9.67. The molecule has 1 aliphatic rings. The molecule has 88 valence electrons. The van der Waals surface area contributed by atoms with E-state index in [9.17, 15) is 13.2 Å². The van der Waals surface area contributed by atoms with Crippen molar-refractivity contribution in [3.05, 3.63) is 0 Å². The van der Waals surface area contributed by atoms with E-state index in [0.29, 0.717) is 12.8 Å². The van der Waals surface area contributed by atoms with Gasteiger partial charge >= 0.3 is 5.97 Å². The van der Waals surface area contributed by atoms with Gasteiger partial charge in [-0.1, -0.05) is 6.92 Å². The molecule has 0 aromatic carbocycles. The van der Waals surface area contributed by atoms with Gasteiger partial charge in [-0.25, -0.2) is 4.72 Å². The number of carboxylic acids is 1. The molecule has 1 fully saturated rings. The van der Waals surface area contributed by atoms with Crippen molar-refractivity contribution in [1.29, 1.82) is 0 Å². The number of rotatable bonds is 4. The molecule has 0 spiro atoms. The molecule has 1 atom stereocenters. The van der Waals surface area contributed by atoms with Gasteiger partial charge in [-0.3, -0.25) is 4.79 Å². The van der Waals surface area contributed by atoms with Crippen molar-refractivity contribution in [2.45, 2.75) is 32.2 Å². The van der Waals surface area contributed by atoms with Gasteiger partial charge in [0.25, 0.3) is 10.2 Å². The Balaban J connectivity index is 3.00. The highest BCUT2D eigenvalue weighted by atomic mass is 32.2. The predicted octanol–water partition coefficient (Wildman–Crippen LogP) is -0.220. The van der Waals surface area contributed by atoms with Crippen molar-refractivity contribution in [3.8, 4) is 0 Å². The first kappa shape index (κ1) is 12.4. The highest BCUT2D eigenvalue weighted by molar-refractivity contribution is 7.87.